The van der Waals surface area contributed by atoms with Crippen LogP contribution in [0, 0.1) is 0 Å². The first-order valence-electron chi connectivity index (χ1n) is 6.06. The van der Waals surface area contributed by atoms with E-state index in [4.69, 9.17) is 0 Å². The van der Waals surface area contributed by atoms with Gasteiger partial charge in [0.2, 0.25) is 5.78 Å². The van der Waals surface area contributed by atoms with Crippen LogP contribution in [0.15, 0.2) is 69.6 Å². The maximum absolute atomic E-state index is 12.2. The summed E-state index contributed by atoms with van der Waals surface area (Å²) in [6.07, 6.45) is 3.62. The minimum atomic E-state index is -0.0855. The van der Waals surface area contributed by atoms with Crippen LogP contribution in [0.4, 0.5) is 0 Å². The van der Waals surface area contributed by atoms with Crippen LogP contribution in [0.3, 0.4) is 0 Å². The zero-order valence-electron chi connectivity index (χ0n) is 10.6. The average Bonchev–Trinajstić information content (AvgIpc) is 2.48. The van der Waals surface area contributed by atoms with Gasteiger partial charge in [-0.15, -0.1) is 0 Å². The Kier molecular flexibility index (Phi) is 5.50. The molecule has 0 aliphatic heterocycles. The van der Waals surface area contributed by atoms with Crippen molar-refractivity contribution in [3.63, 3.8) is 0 Å². The molecule has 0 amide bonds. The highest BCUT2D eigenvalue weighted by atomic mass is 79.9. The molecule has 3 heteroatoms. The number of allylic oxidation sites excluding steroid dienone is 2. The van der Waals surface area contributed by atoms with Gasteiger partial charge in [0.1, 0.15) is 0 Å². The number of ketones is 1. The SMILES string of the molecule is O=C(/C(Br)=C/c1ccccc1)/C(Br)=C/c1ccccc1. The quantitative estimate of drug-likeness (QED) is 0.635. The van der Waals surface area contributed by atoms with Crippen LogP contribution in [-0.2, 0) is 4.79 Å². The number of hydrogen-bond acceptors (Lipinski definition) is 1. The van der Waals surface area contributed by atoms with Crippen molar-refractivity contribution in [1.29, 1.82) is 0 Å². The third kappa shape index (κ3) is 4.29. The number of carbonyl (C=O) groups is 1. The first kappa shape index (κ1) is 14.9. The Morgan fingerprint density at radius 1 is 0.700 bits per heavy atom. The lowest BCUT2D eigenvalue weighted by Crippen LogP contribution is -1.96. The molecule has 100 valence electrons. The Bertz CT molecular complexity index is 586. The molecule has 0 radical (unpaired) electrons. The Balaban J connectivity index is 2.19. The summed E-state index contributed by atoms with van der Waals surface area (Å²) in [5.41, 5.74) is 1.96. The first-order chi connectivity index (χ1) is 9.66. The molecule has 0 heterocycles. The van der Waals surface area contributed by atoms with E-state index >= 15 is 0 Å². The fraction of sp³-hybridized carbons (Fsp3) is 0. The van der Waals surface area contributed by atoms with Crippen molar-refractivity contribution in [1.82, 2.24) is 0 Å². The molecular weight excluding hydrogens is 380 g/mol. The summed E-state index contributed by atoms with van der Waals surface area (Å²) in [4.78, 5) is 12.2. The summed E-state index contributed by atoms with van der Waals surface area (Å²) in [6, 6.07) is 19.4. The number of benzene rings is 2. The average molecular weight is 392 g/mol. The Labute approximate surface area is 135 Å². The van der Waals surface area contributed by atoms with E-state index in [2.05, 4.69) is 31.9 Å². The first-order valence-corrected chi connectivity index (χ1v) is 7.64. The fourth-order valence-corrected chi connectivity index (χ4v) is 2.86. The van der Waals surface area contributed by atoms with Crippen LogP contribution in [0.5, 0.6) is 0 Å². The second-order valence-electron chi connectivity index (χ2n) is 4.14. The molecular formula is C17H12Br2O. The van der Waals surface area contributed by atoms with E-state index in [-0.39, 0.29) is 5.78 Å². The summed E-state index contributed by atoms with van der Waals surface area (Å²) in [5, 5.41) is 0. The highest BCUT2D eigenvalue weighted by molar-refractivity contribution is 9.13. The van der Waals surface area contributed by atoms with Gasteiger partial charge in [-0.25, -0.2) is 0 Å². The van der Waals surface area contributed by atoms with Crippen molar-refractivity contribution >= 4 is 49.8 Å². The van der Waals surface area contributed by atoms with Crippen LogP contribution in [0.2, 0.25) is 0 Å². The largest absolute Gasteiger partial charge is 0.287 e. The zero-order valence-corrected chi connectivity index (χ0v) is 13.8. The summed E-state index contributed by atoms with van der Waals surface area (Å²) < 4.78 is 1.03. The Morgan fingerprint density at radius 2 is 1.05 bits per heavy atom. The molecule has 0 unspecified atom stereocenters. The summed E-state index contributed by atoms with van der Waals surface area (Å²) in [5.74, 6) is -0.0855. The van der Waals surface area contributed by atoms with Gasteiger partial charge >= 0.3 is 0 Å². The second kappa shape index (κ2) is 7.36. The van der Waals surface area contributed by atoms with E-state index < -0.39 is 0 Å². The lowest BCUT2D eigenvalue weighted by molar-refractivity contribution is -0.110. The highest BCUT2D eigenvalue weighted by Crippen LogP contribution is 2.22. The Hall–Kier alpha value is -1.45. The number of Topliss-reactive ketones (excluding diaryl/α,β-unsaturated/α-hetero) is 1. The van der Waals surface area contributed by atoms with Gasteiger partial charge in [-0.2, -0.15) is 0 Å². The molecule has 0 fully saturated rings. The van der Waals surface area contributed by atoms with E-state index in [1.165, 1.54) is 0 Å². The van der Waals surface area contributed by atoms with Gasteiger partial charge in [-0.3, -0.25) is 4.79 Å². The van der Waals surface area contributed by atoms with Crippen molar-refractivity contribution in [2.45, 2.75) is 0 Å². The van der Waals surface area contributed by atoms with Crippen molar-refractivity contribution in [3.05, 3.63) is 80.8 Å². The third-order valence-electron chi connectivity index (χ3n) is 2.62. The lowest BCUT2D eigenvalue weighted by Gasteiger charge is -2.00. The molecule has 1 nitrogen and oxygen atoms in total. The van der Waals surface area contributed by atoms with Gasteiger partial charge in [-0.05, 0) is 55.1 Å². The predicted octanol–water partition coefficient (Wildman–Crippen LogP) is 5.43. The van der Waals surface area contributed by atoms with Crippen LogP contribution in [0.1, 0.15) is 11.1 Å². The van der Waals surface area contributed by atoms with Crippen LogP contribution in [0.25, 0.3) is 12.2 Å². The number of carbonyl (C=O) groups excluding carboxylic acids is 1. The molecule has 2 aromatic carbocycles. The summed E-state index contributed by atoms with van der Waals surface area (Å²) in [6.45, 7) is 0. The van der Waals surface area contributed by atoms with Crippen molar-refractivity contribution < 1.29 is 4.79 Å². The van der Waals surface area contributed by atoms with E-state index in [1.807, 2.05) is 72.8 Å². The van der Waals surface area contributed by atoms with Gasteiger partial charge in [0, 0.05) is 0 Å². The molecule has 0 N–H and O–H groups in total. The van der Waals surface area contributed by atoms with Crippen LogP contribution < -0.4 is 0 Å². The van der Waals surface area contributed by atoms with Crippen molar-refractivity contribution in [3.8, 4) is 0 Å². The molecule has 0 saturated carbocycles. The molecule has 20 heavy (non-hydrogen) atoms. The maximum atomic E-state index is 12.2. The molecule has 2 rings (SSSR count). The van der Waals surface area contributed by atoms with Gasteiger partial charge in [0.25, 0.3) is 0 Å². The molecule has 2 aromatic rings. The third-order valence-corrected chi connectivity index (χ3v) is 3.80. The fourth-order valence-electron chi connectivity index (χ4n) is 1.64. The maximum Gasteiger partial charge on any atom is 0.206 e. The van der Waals surface area contributed by atoms with E-state index in [0.717, 1.165) is 11.1 Å². The van der Waals surface area contributed by atoms with Crippen molar-refractivity contribution in [2.75, 3.05) is 0 Å². The molecule has 0 atom stereocenters. The zero-order chi connectivity index (χ0) is 14.4. The minimum absolute atomic E-state index is 0.0855. The minimum Gasteiger partial charge on any atom is -0.287 e. The van der Waals surface area contributed by atoms with Gasteiger partial charge in [0.05, 0.1) is 8.96 Å². The summed E-state index contributed by atoms with van der Waals surface area (Å²) in [7, 11) is 0. The lowest BCUT2D eigenvalue weighted by atomic mass is 10.1. The number of rotatable bonds is 4. The van der Waals surface area contributed by atoms with Gasteiger partial charge in [-0.1, -0.05) is 60.7 Å². The molecule has 0 aliphatic carbocycles. The number of hydrogen-bond donors (Lipinski definition) is 0. The van der Waals surface area contributed by atoms with Gasteiger partial charge in [0.15, 0.2) is 0 Å². The van der Waals surface area contributed by atoms with E-state index in [1.54, 1.807) is 0 Å². The topological polar surface area (TPSA) is 17.1 Å². The van der Waals surface area contributed by atoms with Crippen LogP contribution >= 0.6 is 31.9 Å². The van der Waals surface area contributed by atoms with Crippen LogP contribution in [-0.4, -0.2) is 5.78 Å². The number of halogens is 2. The van der Waals surface area contributed by atoms with E-state index in [0.29, 0.717) is 8.96 Å². The monoisotopic (exact) mass is 390 g/mol. The normalized spacial score (nSPS) is 12.3. The Morgan fingerprint density at radius 3 is 1.40 bits per heavy atom. The highest BCUT2D eigenvalue weighted by Gasteiger charge is 2.10. The molecule has 0 saturated heterocycles. The molecule has 0 bridgehead atoms. The predicted molar refractivity (Wildman–Crippen MR) is 91.7 cm³/mol. The molecule has 0 spiro atoms. The second-order valence-corrected chi connectivity index (χ2v) is 5.84. The van der Waals surface area contributed by atoms with E-state index in [9.17, 15) is 4.79 Å². The van der Waals surface area contributed by atoms with Crippen molar-refractivity contribution in [2.24, 2.45) is 0 Å². The smallest absolute Gasteiger partial charge is 0.206 e. The van der Waals surface area contributed by atoms with Gasteiger partial charge < -0.3 is 0 Å². The standard InChI is InChI=1S/C17H12Br2O/c18-15(11-13-7-3-1-4-8-13)17(20)16(19)12-14-9-5-2-6-10-14/h1-12H/b15-11-,16-12-. The summed E-state index contributed by atoms with van der Waals surface area (Å²) >= 11 is 6.67. The molecule has 0 aliphatic rings. The molecule has 0 aromatic heterocycles.